The maximum Gasteiger partial charge on any atom is 0.341 e. The van der Waals surface area contributed by atoms with E-state index in [2.05, 4.69) is 15.6 Å². The third-order valence-corrected chi connectivity index (χ3v) is 4.78. The lowest BCUT2D eigenvalue weighted by Crippen LogP contribution is -2.09. The molecule has 0 atom stereocenters. The van der Waals surface area contributed by atoms with E-state index in [-0.39, 0.29) is 6.61 Å². The van der Waals surface area contributed by atoms with Gasteiger partial charge in [0.2, 0.25) is 0 Å². The summed E-state index contributed by atoms with van der Waals surface area (Å²) in [4.78, 5) is 16.9. The molecule has 0 spiro atoms. The number of anilines is 4. The van der Waals surface area contributed by atoms with Crippen molar-refractivity contribution in [2.24, 2.45) is 0 Å². The number of esters is 1. The van der Waals surface area contributed by atoms with E-state index in [0.29, 0.717) is 16.3 Å². The van der Waals surface area contributed by atoms with Crippen molar-refractivity contribution < 1.29 is 9.53 Å². The molecule has 30 heavy (non-hydrogen) atoms. The standard InChI is InChI=1S/C24H20ClN3O2/c1-2-30-24(29)21-15-26-22-13-8-16(25)14-20(22)23(21)28-19-11-9-18(10-12-19)27-17-6-4-3-5-7-17/h3-15,27H,2H2,1H3,(H,26,28). The molecule has 5 nitrogen and oxygen atoms in total. The molecule has 0 bridgehead atoms. The molecule has 4 aromatic rings. The molecule has 150 valence electrons. The van der Waals surface area contributed by atoms with Crippen LogP contribution in [-0.4, -0.2) is 17.6 Å². The van der Waals surface area contributed by atoms with E-state index in [1.54, 1.807) is 19.1 Å². The van der Waals surface area contributed by atoms with Crippen LogP contribution in [0.1, 0.15) is 17.3 Å². The van der Waals surface area contributed by atoms with Crippen molar-refractivity contribution >= 4 is 51.2 Å². The van der Waals surface area contributed by atoms with E-state index in [1.807, 2.05) is 60.7 Å². The summed E-state index contributed by atoms with van der Waals surface area (Å²) in [5.74, 6) is -0.434. The fourth-order valence-corrected chi connectivity index (χ4v) is 3.30. The van der Waals surface area contributed by atoms with Crippen LogP contribution >= 0.6 is 11.6 Å². The second-order valence-electron chi connectivity index (χ2n) is 6.62. The first-order valence-electron chi connectivity index (χ1n) is 9.58. The first-order chi connectivity index (χ1) is 14.6. The van der Waals surface area contributed by atoms with Crippen molar-refractivity contribution in [2.45, 2.75) is 6.92 Å². The fraction of sp³-hybridized carbons (Fsp3) is 0.0833. The number of aromatic nitrogens is 1. The van der Waals surface area contributed by atoms with Gasteiger partial charge < -0.3 is 15.4 Å². The van der Waals surface area contributed by atoms with Gasteiger partial charge in [-0.15, -0.1) is 0 Å². The van der Waals surface area contributed by atoms with Crippen LogP contribution < -0.4 is 10.6 Å². The number of carbonyl (C=O) groups excluding carboxylic acids is 1. The first kappa shape index (κ1) is 19.7. The summed E-state index contributed by atoms with van der Waals surface area (Å²) in [5, 5.41) is 8.01. The van der Waals surface area contributed by atoms with Gasteiger partial charge >= 0.3 is 5.97 Å². The quantitative estimate of drug-likeness (QED) is 0.348. The highest BCUT2D eigenvalue weighted by atomic mass is 35.5. The van der Waals surface area contributed by atoms with E-state index in [4.69, 9.17) is 16.3 Å². The fourth-order valence-electron chi connectivity index (χ4n) is 3.13. The van der Waals surface area contributed by atoms with Gasteiger partial charge in [0.1, 0.15) is 5.56 Å². The van der Waals surface area contributed by atoms with Gasteiger partial charge in [-0.25, -0.2) is 4.79 Å². The van der Waals surface area contributed by atoms with Crippen LogP contribution in [-0.2, 0) is 4.74 Å². The molecule has 4 rings (SSSR count). The van der Waals surface area contributed by atoms with Gasteiger partial charge in [0.25, 0.3) is 0 Å². The Morgan fingerprint density at radius 1 is 0.933 bits per heavy atom. The number of pyridine rings is 1. The lowest BCUT2D eigenvalue weighted by molar-refractivity contribution is 0.0527. The highest BCUT2D eigenvalue weighted by molar-refractivity contribution is 6.31. The molecular weight excluding hydrogens is 398 g/mol. The Bertz CT molecular complexity index is 1180. The first-order valence-corrected chi connectivity index (χ1v) is 9.96. The largest absolute Gasteiger partial charge is 0.462 e. The SMILES string of the molecule is CCOC(=O)c1cnc2ccc(Cl)cc2c1Nc1ccc(Nc2ccccc2)cc1. The summed E-state index contributed by atoms with van der Waals surface area (Å²) >= 11 is 6.20. The number of hydrogen-bond donors (Lipinski definition) is 2. The molecule has 0 aliphatic rings. The van der Waals surface area contributed by atoms with E-state index in [9.17, 15) is 4.79 Å². The zero-order valence-corrected chi connectivity index (χ0v) is 17.1. The van der Waals surface area contributed by atoms with Crippen LogP contribution in [0.5, 0.6) is 0 Å². The maximum atomic E-state index is 12.5. The molecule has 0 saturated carbocycles. The zero-order chi connectivity index (χ0) is 20.9. The van der Waals surface area contributed by atoms with Crippen molar-refractivity contribution in [3.63, 3.8) is 0 Å². The molecule has 0 unspecified atom stereocenters. The molecule has 2 N–H and O–H groups in total. The molecule has 0 fully saturated rings. The minimum atomic E-state index is -0.434. The number of para-hydroxylation sites is 1. The second-order valence-corrected chi connectivity index (χ2v) is 7.06. The van der Waals surface area contributed by atoms with Crippen LogP contribution in [0.4, 0.5) is 22.7 Å². The number of rotatable bonds is 6. The molecule has 0 saturated heterocycles. The summed E-state index contributed by atoms with van der Waals surface area (Å²) in [6, 6.07) is 23.2. The molecule has 1 aromatic heterocycles. The van der Waals surface area contributed by atoms with Gasteiger partial charge in [0.05, 0.1) is 17.8 Å². The van der Waals surface area contributed by atoms with Crippen molar-refractivity contribution in [2.75, 3.05) is 17.2 Å². The Labute approximate surface area is 179 Å². The van der Waals surface area contributed by atoms with Gasteiger partial charge in [0, 0.05) is 33.7 Å². The third kappa shape index (κ3) is 4.36. The lowest BCUT2D eigenvalue weighted by Gasteiger charge is -2.15. The van der Waals surface area contributed by atoms with Gasteiger partial charge in [-0.05, 0) is 61.5 Å². The van der Waals surface area contributed by atoms with E-state index in [1.165, 1.54) is 6.20 Å². The van der Waals surface area contributed by atoms with Crippen molar-refractivity contribution in [3.05, 3.63) is 89.6 Å². The Hall–Kier alpha value is -3.57. The van der Waals surface area contributed by atoms with E-state index >= 15 is 0 Å². The average molecular weight is 418 g/mol. The Morgan fingerprint density at radius 2 is 1.60 bits per heavy atom. The number of halogens is 1. The maximum absolute atomic E-state index is 12.5. The average Bonchev–Trinajstić information content (AvgIpc) is 2.76. The number of nitrogens with zero attached hydrogens (tertiary/aromatic N) is 1. The van der Waals surface area contributed by atoms with Crippen LogP contribution in [0.15, 0.2) is 79.0 Å². The molecule has 6 heteroatoms. The number of hydrogen-bond acceptors (Lipinski definition) is 5. The number of carbonyl (C=O) groups is 1. The van der Waals surface area contributed by atoms with E-state index < -0.39 is 5.97 Å². The molecule has 3 aromatic carbocycles. The predicted molar refractivity (Wildman–Crippen MR) is 122 cm³/mol. The van der Waals surface area contributed by atoms with Gasteiger partial charge in [-0.1, -0.05) is 29.8 Å². The van der Waals surface area contributed by atoms with E-state index in [0.717, 1.165) is 28.0 Å². The minimum absolute atomic E-state index is 0.283. The van der Waals surface area contributed by atoms with Gasteiger partial charge in [0.15, 0.2) is 0 Å². The summed E-state index contributed by atoms with van der Waals surface area (Å²) in [6.07, 6.45) is 1.53. The van der Waals surface area contributed by atoms with Crippen molar-refractivity contribution in [1.82, 2.24) is 4.98 Å². The highest BCUT2D eigenvalue weighted by Gasteiger charge is 2.17. The Balaban J connectivity index is 1.67. The second kappa shape index (κ2) is 8.84. The zero-order valence-electron chi connectivity index (χ0n) is 16.4. The monoisotopic (exact) mass is 417 g/mol. The molecule has 0 aliphatic heterocycles. The topological polar surface area (TPSA) is 63.2 Å². The Morgan fingerprint density at radius 3 is 2.30 bits per heavy atom. The van der Waals surface area contributed by atoms with Crippen LogP contribution in [0.3, 0.4) is 0 Å². The summed E-state index contributed by atoms with van der Waals surface area (Å²) in [7, 11) is 0. The number of fused-ring (bicyclic) bond motifs is 1. The summed E-state index contributed by atoms with van der Waals surface area (Å²) in [6.45, 7) is 2.06. The van der Waals surface area contributed by atoms with Crippen molar-refractivity contribution in [1.29, 1.82) is 0 Å². The molecule has 0 aliphatic carbocycles. The minimum Gasteiger partial charge on any atom is -0.462 e. The number of benzene rings is 3. The third-order valence-electron chi connectivity index (χ3n) is 4.54. The molecule has 0 amide bonds. The number of nitrogens with one attached hydrogen (secondary N) is 2. The predicted octanol–water partition coefficient (Wildman–Crippen LogP) is 6.55. The smallest absolute Gasteiger partial charge is 0.341 e. The lowest BCUT2D eigenvalue weighted by atomic mass is 10.1. The van der Waals surface area contributed by atoms with Crippen LogP contribution in [0.2, 0.25) is 5.02 Å². The summed E-state index contributed by atoms with van der Waals surface area (Å²) in [5.41, 5.74) is 4.50. The Kier molecular flexibility index (Phi) is 5.82. The van der Waals surface area contributed by atoms with Crippen LogP contribution in [0, 0.1) is 0 Å². The van der Waals surface area contributed by atoms with Crippen molar-refractivity contribution in [3.8, 4) is 0 Å². The van der Waals surface area contributed by atoms with Gasteiger partial charge in [-0.2, -0.15) is 0 Å². The molecule has 0 radical (unpaired) electrons. The molecule has 1 heterocycles. The van der Waals surface area contributed by atoms with Crippen LogP contribution in [0.25, 0.3) is 10.9 Å². The highest BCUT2D eigenvalue weighted by Crippen LogP contribution is 2.32. The molecular formula is C24H20ClN3O2. The number of ether oxygens (including phenoxy) is 1. The normalized spacial score (nSPS) is 10.6. The van der Waals surface area contributed by atoms with Gasteiger partial charge in [-0.3, -0.25) is 4.98 Å². The summed E-state index contributed by atoms with van der Waals surface area (Å²) < 4.78 is 5.21.